The number of carbonyl (C=O) groups excluding carboxylic acids is 1. The fourth-order valence-electron chi connectivity index (χ4n) is 1.84. The van der Waals surface area contributed by atoms with Gasteiger partial charge in [0.15, 0.2) is 0 Å². The van der Waals surface area contributed by atoms with E-state index in [-0.39, 0.29) is 27.8 Å². The third kappa shape index (κ3) is 4.84. The van der Waals surface area contributed by atoms with Gasteiger partial charge in [-0.2, -0.15) is 0 Å². The first-order chi connectivity index (χ1) is 9.68. The maximum absolute atomic E-state index is 12.1. The third-order valence-corrected chi connectivity index (χ3v) is 3.69. The number of rotatable bonds is 6. The van der Waals surface area contributed by atoms with Crippen molar-refractivity contribution in [3.63, 3.8) is 0 Å². The van der Waals surface area contributed by atoms with Crippen LogP contribution in [0.15, 0.2) is 12.1 Å². The van der Waals surface area contributed by atoms with Crippen LogP contribution in [-0.2, 0) is 0 Å². The van der Waals surface area contributed by atoms with E-state index in [2.05, 4.69) is 5.32 Å². The van der Waals surface area contributed by atoms with Gasteiger partial charge in [-0.15, -0.1) is 0 Å². The average Bonchev–Trinajstić information content (AvgIpc) is 2.38. The largest absolute Gasteiger partial charge is 0.388 e. The summed E-state index contributed by atoms with van der Waals surface area (Å²) >= 11 is 11.7. The van der Waals surface area contributed by atoms with Crippen LogP contribution in [0.25, 0.3) is 0 Å². The third-order valence-electron chi connectivity index (χ3n) is 2.89. The molecule has 8 heteroatoms. The van der Waals surface area contributed by atoms with Crippen molar-refractivity contribution in [1.82, 2.24) is 5.32 Å². The zero-order chi connectivity index (χ0) is 16.2. The summed E-state index contributed by atoms with van der Waals surface area (Å²) in [6.45, 7) is 3.52. The van der Waals surface area contributed by atoms with E-state index in [1.165, 1.54) is 0 Å². The molecule has 1 aromatic rings. The van der Waals surface area contributed by atoms with Crippen molar-refractivity contribution in [3.05, 3.63) is 37.9 Å². The van der Waals surface area contributed by atoms with Crippen LogP contribution in [0, 0.1) is 10.1 Å². The molecule has 1 unspecified atom stereocenters. The number of nitrogens with zero attached hydrogens (tertiary/aromatic N) is 1. The Morgan fingerprint density at radius 2 is 2.10 bits per heavy atom. The number of amides is 1. The number of nitro benzene ring substituents is 1. The molecule has 0 saturated heterocycles. The fourth-order valence-corrected chi connectivity index (χ4v) is 2.25. The highest BCUT2D eigenvalue weighted by molar-refractivity contribution is 6.44. The van der Waals surface area contributed by atoms with Crippen LogP contribution in [0.4, 0.5) is 5.69 Å². The van der Waals surface area contributed by atoms with Gasteiger partial charge in [0, 0.05) is 18.7 Å². The Hall–Kier alpha value is -1.37. The average molecular weight is 335 g/mol. The SMILES string of the molecule is CCCC(C)(O)CNC(=O)c1cc([N+](=O)[O-])cc(Cl)c1Cl. The molecule has 116 valence electrons. The topological polar surface area (TPSA) is 92.5 Å². The molecular weight excluding hydrogens is 319 g/mol. The van der Waals surface area contributed by atoms with Crippen LogP contribution >= 0.6 is 23.2 Å². The molecule has 1 aromatic carbocycles. The van der Waals surface area contributed by atoms with Crippen molar-refractivity contribution in [1.29, 1.82) is 0 Å². The molecule has 0 aromatic heterocycles. The van der Waals surface area contributed by atoms with Crippen LogP contribution < -0.4 is 5.32 Å². The minimum absolute atomic E-state index is 0.0102. The number of non-ortho nitro benzene ring substituents is 1. The van der Waals surface area contributed by atoms with Gasteiger partial charge in [-0.1, -0.05) is 36.5 Å². The lowest BCUT2D eigenvalue weighted by Gasteiger charge is -2.23. The Balaban J connectivity index is 2.95. The predicted molar refractivity (Wildman–Crippen MR) is 81.0 cm³/mol. The van der Waals surface area contributed by atoms with Crippen molar-refractivity contribution in [3.8, 4) is 0 Å². The van der Waals surface area contributed by atoms with Gasteiger partial charge in [0.2, 0.25) is 0 Å². The van der Waals surface area contributed by atoms with E-state index in [4.69, 9.17) is 23.2 Å². The van der Waals surface area contributed by atoms with E-state index in [1.807, 2.05) is 6.92 Å². The second-order valence-electron chi connectivity index (χ2n) is 4.98. The second kappa shape index (κ2) is 7.06. The van der Waals surface area contributed by atoms with Crippen LogP contribution in [0.5, 0.6) is 0 Å². The number of benzene rings is 1. The minimum atomic E-state index is -1.05. The number of hydrogen-bond donors (Lipinski definition) is 2. The molecule has 2 N–H and O–H groups in total. The maximum atomic E-state index is 12.1. The number of nitro groups is 1. The van der Waals surface area contributed by atoms with Gasteiger partial charge in [0.25, 0.3) is 11.6 Å². The predicted octanol–water partition coefficient (Wildman–Crippen LogP) is 3.18. The summed E-state index contributed by atoms with van der Waals surface area (Å²) in [6.07, 6.45) is 1.27. The van der Waals surface area contributed by atoms with Crippen molar-refractivity contribution in [2.45, 2.75) is 32.3 Å². The minimum Gasteiger partial charge on any atom is -0.388 e. The van der Waals surface area contributed by atoms with Crippen molar-refractivity contribution < 1.29 is 14.8 Å². The lowest BCUT2D eigenvalue weighted by molar-refractivity contribution is -0.384. The van der Waals surface area contributed by atoms with Gasteiger partial charge in [-0.05, 0) is 13.3 Å². The number of carbonyl (C=O) groups is 1. The lowest BCUT2D eigenvalue weighted by Crippen LogP contribution is -2.40. The van der Waals surface area contributed by atoms with Gasteiger partial charge in [0.05, 0.1) is 26.1 Å². The highest BCUT2D eigenvalue weighted by Crippen LogP contribution is 2.30. The number of aliphatic hydroxyl groups is 1. The van der Waals surface area contributed by atoms with Gasteiger partial charge in [-0.3, -0.25) is 14.9 Å². The molecule has 0 aliphatic heterocycles. The molecule has 0 aliphatic carbocycles. The first-order valence-electron chi connectivity index (χ1n) is 6.32. The molecule has 21 heavy (non-hydrogen) atoms. The summed E-state index contributed by atoms with van der Waals surface area (Å²) in [5.41, 5.74) is -1.47. The van der Waals surface area contributed by atoms with Gasteiger partial charge in [-0.25, -0.2) is 0 Å². The summed E-state index contributed by atoms with van der Waals surface area (Å²) in [6, 6.07) is 2.13. The summed E-state index contributed by atoms with van der Waals surface area (Å²) in [5.74, 6) is -0.623. The normalized spacial score (nSPS) is 13.6. The fraction of sp³-hybridized carbons (Fsp3) is 0.462. The Morgan fingerprint density at radius 1 is 1.48 bits per heavy atom. The van der Waals surface area contributed by atoms with E-state index in [1.54, 1.807) is 6.92 Å². The molecular formula is C13H16Cl2N2O4. The van der Waals surface area contributed by atoms with Crippen LogP contribution in [0.1, 0.15) is 37.0 Å². The molecule has 1 amide bonds. The second-order valence-corrected chi connectivity index (χ2v) is 5.76. The van der Waals surface area contributed by atoms with E-state index in [9.17, 15) is 20.0 Å². The Morgan fingerprint density at radius 3 is 2.62 bits per heavy atom. The molecule has 0 aliphatic rings. The van der Waals surface area contributed by atoms with Crippen molar-refractivity contribution in [2.24, 2.45) is 0 Å². The molecule has 0 heterocycles. The monoisotopic (exact) mass is 334 g/mol. The van der Waals surface area contributed by atoms with Gasteiger partial charge in [0.1, 0.15) is 0 Å². The summed E-state index contributed by atoms with van der Waals surface area (Å²) in [5, 5.41) is 23.1. The molecule has 0 spiro atoms. The summed E-state index contributed by atoms with van der Waals surface area (Å²) < 4.78 is 0. The molecule has 1 rings (SSSR count). The lowest BCUT2D eigenvalue weighted by atomic mass is 10.0. The number of nitrogens with one attached hydrogen (secondary N) is 1. The Kier molecular flexibility index (Phi) is 5.95. The molecule has 0 bridgehead atoms. The van der Waals surface area contributed by atoms with Crippen LogP contribution in [-0.4, -0.2) is 28.1 Å². The number of halogens is 2. The highest BCUT2D eigenvalue weighted by Gasteiger charge is 2.23. The van der Waals surface area contributed by atoms with Crippen LogP contribution in [0.2, 0.25) is 10.0 Å². The van der Waals surface area contributed by atoms with E-state index in [0.717, 1.165) is 18.6 Å². The highest BCUT2D eigenvalue weighted by atomic mass is 35.5. The Labute approximate surface area is 132 Å². The van der Waals surface area contributed by atoms with E-state index >= 15 is 0 Å². The smallest absolute Gasteiger partial charge is 0.271 e. The van der Waals surface area contributed by atoms with Gasteiger partial charge < -0.3 is 10.4 Å². The van der Waals surface area contributed by atoms with Crippen molar-refractivity contribution >= 4 is 34.8 Å². The zero-order valence-corrected chi connectivity index (χ0v) is 13.2. The first kappa shape index (κ1) is 17.7. The quantitative estimate of drug-likeness (QED) is 0.617. The summed E-state index contributed by atoms with van der Waals surface area (Å²) in [7, 11) is 0. The first-order valence-corrected chi connectivity index (χ1v) is 7.07. The van der Waals surface area contributed by atoms with Crippen LogP contribution in [0.3, 0.4) is 0 Å². The summed E-state index contributed by atoms with van der Waals surface area (Å²) in [4.78, 5) is 22.2. The standard InChI is InChI=1S/C13H16Cl2N2O4/c1-3-4-13(2,19)7-16-12(18)9-5-8(17(20)21)6-10(14)11(9)15/h5-6,19H,3-4,7H2,1-2H3,(H,16,18). The zero-order valence-electron chi connectivity index (χ0n) is 11.7. The molecule has 0 radical (unpaired) electrons. The van der Waals surface area contributed by atoms with E-state index < -0.39 is 16.4 Å². The molecule has 0 fully saturated rings. The van der Waals surface area contributed by atoms with Gasteiger partial charge >= 0.3 is 0 Å². The van der Waals surface area contributed by atoms with E-state index in [0.29, 0.717) is 6.42 Å². The molecule has 0 saturated carbocycles. The number of hydrogen-bond acceptors (Lipinski definition) is 4. The molecule has 6 nitrogen and oxygen atoms in total. The maximum Gasteiger partial charge on any atom is 0.271 e. The molecule has 1 atom stereocenters. The van der Waals surface area contributed by atoms with Crippen molar-refractivity contribution in [2.75, 3.05) is 6.54 Å². The Bertz CT molecular complexity index is 561.